The lowest BCUT2D eigenvalue weighted by molar-refractivity contribution is -0.123. The van der Waals surface area contributed by atoms with Crippen LogP contribution < -0.4 is 9.64 Å². The maximum atomic E-state index is 14.0. The van der Waals surface area contributed by atoms with Gasteiger partial charge in [-0.05, 0) is 67.8 Å². The molecule has 10 heteroatoms. The summed E-state index contributed by atoms with van der Waals surface area (Å²) in [6.45, 7) is 2.76. The number of aryl methyl sites for hydroxylation is 1. The summed E-state index contributed by atoms with van der Waals surface area (Å²) in [5.74, 6) is -0.0440. The van der Waals surface area contributed by atoms with Gasteiger partial charge in [-0.1, -0.05) is 29.5 Å². The first kappa shape index (κ1) is 25.3. The quantitative estimate of drug-likeness (QED) is 0.342. The van der Waals surface area contributed by atoms with Crippen LogP contribution in [-0.2, 0) is 21.4 Å². The third-order valence-electron chi connectivity index (χ3n) is 6.58. The van der Waals surface area contributed by atoms with E-state index in [0.717, 1.165) is 21.5 Å². The van der Waals surface area contributed by atoms with Gasteiger partial charge in [0.1, 0.15) is 5.75 Å². The molecule has 37 heavy (non-hydrogen) atoms. The number of piperidine rings is 1. The van der Waals surface area contributed by atoms with E-state index in [0.29, 0.717) is 30.3 Å². The van der Waals surface area contributed by atoms with E-state index in [1.165, 1.54) is 34.9 Å². The molecule has 0 aliphatic carbocycles. The molecule has 2 aromatic carbocycles. The van der Waals surface area contributed by atoms with Gasteiger partial charge in [-0.25, -0.2) is 13.4 Å². The molecule has 0 spiro atoms. The number of hydrogen-bond donors (Lipinski definition) is 0. The van der Waals surface area contributed by atoms with E-state index in [-0.39, 0.29) is 23.9 Å². The summed E-state index contributed by atoms with van der Waals surface area (Å²) >= 11 is 1.46. The predicted octanol–water partition coefficient (Wildman–Crippen LogP) is 4.64. The number of carbonyl (C=O) groups excluding carboxylic acids is 1. The van der Waals surface area contributed by atoms with E-state index in [1.54, 1.807) is 23.2 Å². The number of methoxy groups -OCH3 is 1. The summed E-state index contributed by atoms with van der Waals surface area (Å²) in [6.07, 6.45) is 2.91. The number of benzene rings is 2. The summed E-state index contributed by atoms with van der Waals surface area (Å²) < 4.78 is 34.3. The van der Waals surface area contributed by atoms with Gasteiger partial charge in [0.15, 0.2) is 5.13 Å². The van der Waals surface area contributed by atoms with Crippen LogP contribution in [-0.4, -0.2) is 48.8 Å². The highest BCUT2D eigenvalue weighted by molar-refractivity contribution is 7.89. The molecule has 1 atom stereocenters. The molecular formula is C27H28N4O4S2. The van der Waals surface area contributed by atoms with Crippen molar-refractivity contribution < 1.29 is 17.9 Å². The van der Waals surface area contributed by atoms with Crippen LogP contribution in [0.4, 0.5) is 5.13 Å². The summed E-state index contributed by atoms with van der Waals surface area (Å²) in [5.41, 5.74) is 2.65. The number of carbonyl (C=O) groups is 1. The number of fused-ring (bicyclic) bond motifs is 1. The third-order valence-corrected chi connectivity index (χ3v) is 9.51. The highest BCUT2D eigenvalue weighted by Gasteiger charge is 2.36. The van der Waals surface area contributed by atoms with E-state index in [9.17, 15) is 13.2 Å². The number of amides is 1. The van der Waals surface area contributed by atoms with Crippen molar-refractivity contribution in [1.82, 2.24) is 14.3 Å². The van der Waals surface area contributed by atoms with Gasteiger partial charge in [0, 0.05) is 19.3 Å². The molecule has 8 nitrogen and oxygen atoms in total. The van der Waals surface area contributed by atoms with Crippen LogP contribution in [0.5, 0.6) is 5.75 Å². The van der Waals surface area contributed by atoms with Gasteiger partial charge in [0.25, 0.3) is 0 Å². The molecule has 5 rings (SSSR count). The zero-order valence-electron chi connectivity index (χ0n) is 20.7. The molecule has 0 bridgehead atoms. The monoisotopic (exact) mass is 536 g/mol. The lowest BCUT2D eigenvalue weighted by atomic mass is 9.98. The lowest BCUT2D eigenvalue weighted by Crippen LogP contribution is -2.46. The highest BCUT2D eigenvalue weighted by Crippen LogP contribution is 2.34. The molecule has 4 aromatic rings. The molecule has 0 saturated carbocycles. The number of aromatic nitrogens is 2. The molecule has 3 heterocycles. The number of para-hydroxylation sites is 1. The zero-order chi connectivity index (χ0) is 26.0. The molecule has 1 unspecified atom stereocenters. The van der Waals surface area contributed by atoms with Gasteiger partial charge in [0.2, 0.25) is 15.9 Å². The Balaban J connectivity index is 1.44. The van der Waals surface area contributed by atoms with Crippen molar-refractivity contribution in [3.8, 4) is 5.75 Å². The van der Waals surface area contributed by atoms with Crippen LogP contribution in [0.25, 0.3) is 10.2 Å². The van der Waals surface area contributed by atoms with Crippen LogP contribution in [0.1, 0.15) is 24.1 Å². The average Bonchev–Trinajstić information content (AvgIpc) is 3.37. The number of sulfonamides is 1. The van der Waals surface area contributed by atoms with E-state index >= 15 is 0 Å². The third kappa shape index (κ3) is 5.22. The predicted molar refractivity (Wildman–Crippen MR) is 144 cm³/mol. The molecule has 1 aliphatic heterocycles. The molecule has 1 aliphatic rings. The number of anilines is 1. The topological polar surface area (TPSA) is 92.7 Å². The minimum atomic E-state index is -3.75. The summed E-state index contributed by atoms with van der Waals surface area (Å²) in [7, 11) is -2.21. The van der Waals surface area contributed by atoms with Crippen molar-refractivity contribution >= 4 is 42.6 Å². The lowest BCUT2D eigenvalue weighted by Gasteiger charge is -2.33. The van der Waals surface area contributed by atoms with Gasteiger partial charge >= 0.3 is 0 Å². The minimum absolute atomic E-state index is 0.121. The molecule has 0 N–H and O–H groups in total. The molecule has 1 amide bonds. The Morgan fingerprint density at radius 2 is 1.95 bits per heavy atom. The molecule has 1 fully saturated rings. The largest absolute Gasteiger partial charge is 0.497 e. The highest BCUT2D eigenvalue weighted by atomic mass is 32.2. The van der Waals surface area contributed by atoms with Crippen LogP contribution in [0.3, 0.4) is 0 Å². The second kappa shape index (κ2) is 10.6. The fraction of sp³-hybridized carbons (Fsp3) is 0.296. The van der Waals surface area contributed by atoms with Gasteiger partial charge in [-0.3, -0.25) is 14.7 Å². The van der Waals surface area contributed by atoms with Crippen molar-refractivity contribution in [2.24, 2.45) is 5.92 Å². The van der Waals surface area contributed by atoms with Crippen LogP contribution in [0, 0.1) is 12.8 Å². The molecule has 192 valence electrons. The molecule has 2 aromatic heterocycles. The smallest absolute Gasteiger partial charge is 0.243 e. The van der Waals surface area contributed by atoms with Gasteiger partial charge in [-0.15, -0.1) is 0 Å². The van der Waals surface area contributed by atoms with Crippen LogP contribution in [0.15, 0.2) is 71.8 Å². The first-order chi connectivity index (χ1) is 17.9. The van der Waals surface area contributed by atoms with Crippen molar-refractivity contribution in [2.45, 2.75) is 31.2 Å². The van der Waals surface area contributed by atoms with Gasteiger partial charge in [-0.2, -0.15) is 4.31 Å². The Bertz CT molecular complexity index is 1500. The summed E-state index contributed by atoms with van der Waals surface area (Å²) in [5, 5.41) is 0.593. The van der Waals surface area contributed by atoms with Crippen molar-refractivity contribution in [1.29, 1.82) is 0 Å². The van der Waals surface area contributed by atoms with Crippen molar-refractivity contribution in [3.05, 3.63) is 78.1 Å². The molecule has 0 radical (unpaired) electrons. The van der Waals surface area contributed by atoms with E-state index in [1.807, 2.05) is 43.3 Å². The average molecular weight is 537 g/mol. The normalized spacial score (nSPS) is 16.5. The van der Waals surface area contributed by atoms with Crippen molar-refractivity contribution in [2.75, 3.05) is 25.1 Å². The minimum Gasteiger partial charge on any atom is -0.497 e. The Hall–Kier alpha value is -3.34. The van der Waals surface area contributed by atoms with Gasteiger partial charge < -0.3 is 4.74 Å². The van der Waals surface area contributed by atoms with E-state index in [2.05, 4.69) is 4.98 Å². The Morgan fingerprint density at radius 1 is 1.14 bits per heavy atom. The number of rotatable bonds is 7. The standard InChI is InChI=1S/C27H28N4O4S2/c1-19-7-5-10-24-25(19)29-27(36-24)31(18-21-9-3-4-15-28-21)26(32)20-8-6-16-30(17-20)37(33,34)23-13-11-22(35-2)12-14-23/h3-5,7,9-15,20H,6,8,16-18H2,1-2H3. The van der Waals surface area contributed by atoms with Gasteiger partial charge in [0.05, 0.1) is 40.4 Å². The summed E-state index contributed by atoms with van der Waals surface area (Å²) in [6, 6.07) is 17.9. The SMILES string of the molecule is COc1ccc(S(=O)(=O)N2CCCC(C(=O)N(Cc3ccccn3)c3nc4c(C)cccc4s3)C2)cc1. The Labute approximate surface area is 220 Å². The summed E-state index contributed by atoms with van der Waals surface area (Å²) in [4.78, 5) is 25.1. The molecule has 1 saturated heterocycles. The fourth-order valence-corrected chi connectivity index (χ4v) is 7.13. The first-order valence-electron chi connectivity index (χ1n) is 12.1. The number of hydrogen-bond acceptors (Lipinski definition) is 7. The van der Waals surface area contributed by atoms with Crippen molar-refractivity contribution in [3.63, 3.8) is 0 Å². The maximum absolute atomic E-state index is 14.0. The van der Waals surface area contributed by atoms with Crippen LogP contribution in [0.2, 0.25) is 0 Å². The van der Waals surface area contributed by atoms with Crippen LogP contribution >= 0.6 is 11.3 Å². The second-order valence-electron chi connectivity index (χ2n) is 9.04. The van der Waals surface area contributed by atoms with E-state index in [4.69, 9.17) is 9.72 Å². The number of nitrogens with zero attached hydrogens (tertiary/aromatic N) is 4. The second-order valence-corrected chi connectivity index (χ2v) is 12.0. The fourth-order valence-electron chi connectivity index (χ4n) is 4.56. The Morgan fingerprint density at radius 3 is 2.65 bits per heavy atom. The molecular weight excluding hydrogens is 508 g/mol. The first-order valence-corrected chi connectivity index (χ1v) is 14.3. The number of pyridine rings is 1. The zero-order valence-corrected chi connectivity index (χ0v) is 22.3. The Kier molecular flexibility index (Phi) is 7.23. The number of thiazole rings is 1. The van der Waals surface area contributed by atoms with E-state index < -0.39 is 15.9 Å². The number of ether oxygens (including phenoxy) is 1. The maximum Gasteiger partial charge on any atom is 0.243 e.